The molecule has 4 heteroatoms. The topological polar surface area (TPSA) is 36.3 Å². The normalized spacial score (nSPS) is 10.9. The zero-order valence-electron chi connectivity index (χ0n) is 15.6. The molecule has 0 amide bonds. The molecule has 0 aliphatic rings. The summed E-state index contributed by atoms with van der Waals surface area (Å²) in [6, 6.07) is 22.9. The number of hydrogen-bond acceptors (Lipinski definition) is 3. The fourth-order valence-corrected chi connectivity index (χ4v) is 3.38. The van der Waals surface area contributed by atoms with Crippen molar-refractivity contribution in [3.8, 4) is 22.8 Å². The van der Waals surface area contributed by atoms with Crippen molar-refractivity contribution in [2.45, 2.75) is 13.0 Å². The summed E-state index contributed by atoms with van der Waals surface area (Å²) in [5.74, 6) is 1.43. The molecule has 0 aliphatic carbocycles. The Balaban J connectivity index is 1.53. The number of aryl methyl sites for hydroxylation is 2. The van der Waals surface area contributed by atoms with E-state index in [1.165, 1.54) is 16.3 Å². The molecule has 0 aliphatic heterocycles. The summed E-state index contributed by atoms with van der Waals surface area (Å²) in [4.78, 5) is 0. The Morgan fingerprint density at radius 3 is 2.52 bits per heavy atom. The second-order valence-electron chi connectivity index (χ2n) is 6.42. The third-order valence-electron chi connectivity index (χ3n) is 4.81. The van der Waals surface area contributed by atoms with Gasteiger partial charge in [-0.1, -0.05) is 42.5 Å². The van der Waals surface area contributed by atoms with Crippen LogP contribution in [0.3, 0.4) is 0 Å². The number of methoxy groups -OCH3 is 2. The highest BCUT2D eigenvalue weighted by Crippen LogP contribution is 2.31. The van der Waals surface area contributed by atoms with E-state index in [0.717, 1.165) is 30.0 Å². The lowest BCUT2D eigenvalue weighted by molar-refractivity contribution is 0.355. The molecule has 4 rings (SSSR count). The fraction of sp³-hybridized carbons (Fsp3) is 0.174. The zero-order valence-corrected chi connectivity index (χ0v) is 15.6. The minimum absolute atomic E-state index is 0.709. The number of fused-ring (bicyclic) bond motifs is 1. The smallest absolute Gasteiger partial charge is 0.161 e. The van der Waals surface area contributed by atoms with Gasteiger partial charge in [0.15, 0.2) is 11.5 Å². The maximum absolute atomic E-state index is 5.39. The summed E-state index contributed by atoms with van der Waals surface area (Å²) in [7, 11) is 3.28. The van der Waals surface area contributed by atoms with Crippen LogP contribution in [-0.2, 0) is 13.0 Å². The Kier molecular flexibility index (Phi) is 4.79. The van der Waals surface area contributed by atoms with Gasteiger partial charge in [-0.05, 0) is 47.0 Å². The first-order chi connectivity index (χ1) is 13.3. The Morgan fingerprint density at radius 2 is 1.67 bits per heavy atom. The molecule has 27 heavy (non-hydrogen) atoms. The van der Waals surface area contributed by atoms with Gasteiger partial charge >= 0.3 is 0 Å². The summed E-state index contributed by atoms with van der Waals surface area (Å²) >= 11 is 0. The number of aromatic nitrogens is 2. The van der Waals surface area contributed by atoms with Crippen LogP contribution in [0.4, 0.5) is 0 Å². The molecule has 0 radical (unpaired) electrons. The minimum atomic E-state index is 0.709. The highest BCUT2D eigenvalue weighted by molar-refractivity contribution is 5.85. The van der Waals surface area contributed by atoms with E-state index in [-0.39, 0.29) is 0 Å². The molecule has 0 bridgehead atoms. The first kappa shape index (κ1) is 17.2. The highest BCUT2D eigenvalue weighted by atomic mass is 16.5. The van der Waals surface area contributed by atoms with Crippen LogP contribution in [0, 0.1) is 0 Å². The first-order valence-corrected chi connectivity index (χ1v) is 9.01. The molecule has 4 nitrogen and oxygen atoms in total. The SMILES string of the molecule is COc1ccc(-c2ccn(CCc3cccc4ccccc34)n2)cc1OC. The average Bonchev–Trinajstić information content (AvgIpc) is 3.20. The molecule has 0 saturated carbocycles. The van der Waals surface area contributed by atoms with Gasteiger partial charge in [-0.3, -0.25) is 4.68 Å². The van der Waals surface area contributed by atoms with E-state index in [9.17, 15) is 0 Å². The molecule has 0 spiro atoms. The molecular formula is C23H22N2O2. The van der Waals surface area contributed by atoms with Crippen molar-refractivity contribution in [3.05, 3.63) is 78.5 Å². The fourth-order valence-electron chi connectivity index (χ4n) is 3.38. The molecule has 1 heterocycles. The highest BCUT2D eigenvalue weighted by Gasteiger charge is 2.09. The van der Waals surface area contributed by atoms with E-state index >= 15 is 0 Å². The van der Waals surface area contributed by atoms with Gasteiger partial charge in [0.25, 0.3) is 0 Å². The van der Waals surface area contributed by atoms with Crippen LogP contribution in [0.2, 0.25) is 0 Å². The van der Waals surface area contributed by atoms with Crippen LogP contribution < -0.4 is 9.47 Å². The second kappa shape index (κ2) is 7.54. The van der Waals surface area contributed by atoms with Crippen molar-refractivity contribution >= 4 is 10.8 Å². The lowest BCUT2D eigenvalue weighted by Crippen LogP contribution is -2.02. The van der Waals surface area contributed by atoms with Crippen LogP contribution in [0.5, 0.6) is 11.5 Å². The van der Waals surface area contributed by atoms with E-state index in [1.807, 2.05) is 35.1 Å². The van der Waals surface area contributed by atoms with Gasteiger partial charge < -0.3 is 9.47 Å². The Labute approximate surface area is 159 Å². The third kappa shape index (κ3) is 3.51. The van der Waals surface area contributed by atoms with Crippen LogP contribution >= 0.6 is 0 Å². The predicted octanol–water partition coefficient (Wildman–Crippen LogP) is 4.96. The van der Waals surface area contributed by atoms with Crippen LogP contribution in [0.25, 0.3) is 22.0 Å². The number of ether oxygens (including phenoxy) is 2. The van der Waals surface area contributed by atoms with Gasteiger partial charge in [0, 0.05) is 18.3 Å². The molecule has 0 atom stereocenters. The number of nitrogens with zero attached hydrogens (tertiary/aromatic N) is 2. The molecular weight excluding hydrogens is 336 g/mol. The van der Waals surface area contributed by atoms with Crippen LogP contribution in [-0.4, -0.2) is 24.0 Å². The molecule has 0 fully saturated rings. The van der Waals surface area contributed by atoms with Crippen molar-refractivity contribution < 1.29 is 9.47 Å². The van der Waals surface area contributed by atoms with Gasteiger partial charge in [0.1, 0.15) is 0 Å². The summed E-state index contributed by atoms with van der Waals surface area (Å²) in [6.45, 7) is 0.835. The van der Waals surface area contributed by atoms with E-state index in [4.69, 9.17) is 14.6 Å². The minimum Gasteiger partial charge on any atom is -0.493 e. The van der Waals surface area contributed by atoms with Crippen molar-refractivity contribution in [2.75, 3.05) is 14.2 Å². The summed E-state index contributed by atoms with van der Waals surface area (Å²) in [6.07, 6.45) is 2.96. The predicted molar refractivity (Wildman–Crippen MR) is 108 cm³/mol. The molecule has 4 aromatic rings. The number of hydrogen-bond donors (Lipinski definition) is 0. The van der Waals surface area contributed by atoms with E-state index < -0.39 is 0 Å². The molecule has 3 aromatic carbocycles. The summed E-state index contributed by atoms with van der Waals surface area (Å²) < 4.78 is 12.7. The van der Waals surface area contributed by atoms with Crippen LogP contribution in [0.15, 0.2) is 72.9 Å². The molecule has 0 saturated heterocycles. The number of benzene rings is 3. The van der Waals surface area contributed by atoms with Gasteiger partial charge in [-0.25, -0.2) is 0 Å². The third-order valence-corrected chi connectivity index (χ3v) is 4.81. The van der Waals surface area contributed by atoms with E-state index in [0.29, 0.717) is 5.75 Å². The maximum atomic E-state index is 5.39. The van der Waals surface area contributed by atoms with Gasteiger partial charge in [0.05, 0.1) is 19.9 Å². The zero-order chi connectivity index (χ0) is 18.6. The number of rotatable bonds is 6. The molecule has 0 unspecified atom stereocenters. The molecule has 136 valence electrons. The van der Waals surface area contributed by atoms with E-state index in [2.05, 4.69) is 42.5 Å². The van der Waals surface area contributed by atoms with Gasteiger partial charge in [-0.2, -0.15) is 5.10 Å². The van der Waals surface area contributed by atoms with E-state index in [1.54, 1.807) is 14.2 Å². The Morgan fingerprint density at radius 1 is 0.852 bits per heavy atom. The first-order valence-electron chi connectivity index (χ1n) is 9.01. The molecule has 0 N–H and O–H groups in total. The second-order valence-corrected chi connectivity index (χ2v) is 6.42. The monoisotopic (exact) mass is 358 g/mol. The quantitative estimate of drug-likeness (QED) is 0.489. The van der Waals surface area contributed by atoms with Gasteiger partial charge in [-0.15, -0.1) is 0 Å². The average molecular weight is 358 g/mol. The van der Waals surface area contributed by atoms with Crippen molar-refractivity contribution in [3.63, 3.8) is 0 Å². The van der Waals surface area contributed by atoms with Crippen molar-refractivity contribution in [2.24, 2.45) is 0 Å². The van der Waals surface area contributed by atoms with Crippen LogP contribution in [0.1, 0.15) is 5.56 Å². The lowest BCUT2D eigenvalue weighted by Gasteiger charge is -2.08. The lowest BCUT2D eigenvalue weighted by atomic mass is 10.0. The largest absolute Gasteiger partial charge is 0.493 e. The molecule has 1 aromatic heterocycles. The summed E-state index contributed by atoms with van der Waals surface area (Å²) in [5, 5.41) is 7.32. The maximum Gasteiger partial charge on any atom is 0.161 e. The standard InChI is InChI=1S/C23H22N2O2/c1-26-22-11-10-19(16-23(22)27-2)21-13-15-25(24-21)14-12-18-8-5-7-17-6-3-4-9-20(17)18/h3-11,13,15-16H,12,14H2,1-2H3. The summed E-state index contributed by atoms with van der Waals surface area (Å²) in [5.41, 5.74) is 3.28. The van der Waals surface area contributed by atoms with Gasteiger partial charge in [0.2, 0.25) is 0 Å². The Hall–Kier alpha value is -3.27. The Bertz CT molecular complexity index is 1060. The van der Waals surface area contributed by atoms with Crippen molar-refractivity contribution in [1.82, 2.24) is 9.78 Å². The van der Waals surface area contributed by atoms with Crippen molar-refractivity contribution in [1.29, 1.82) is 0 Å².